The van der Waals surface area contributed by atoms with E-state index in [2.05, 4.69) is 41.5 Å². The molecule has 2 aliphatic rings. The number of fused-ring (bicyclic) bond motifs is 2. The topological polar surface area (TPSA) is 130 Å². The number of carbonyl (C=O) groups is 4. The maximum atomic E-state index is 15.4. The number of imide groups is 2. The van der Waals surface area contributed by atoms with Crippen molar-refractivity contribution >= 4 is 66.7 Å². The standard InChI is InChI=1S/C110H166N2O10/c1-7-13-19-25-31-37-43-49-55-61-75-117-97-81-87(82-98(118-76-62-56-50-44-38-32-26-20-14-8-2)105(97)121-79-65-59-53-47-41-35-29-23-17-11-5)85-111-107(113)93-71-67-89-91-69-73-95-104-96(74-70-92(102(91)104)90-68-72-94(108(111)114)103(93)101(89)90)110(116)112(109(95)115)86-88-83-99(119-77-63-57-51-45-39-33-27-21-15-9-3)106(122-80-66-60-54-48-42-36-30-24-18-12-6)100(84-88)120-78-64-58-52-46-40-34-28-22-16-10-4/h67-74,81-84H,7-66,75-80,85-86H2,1-6H3. The van der Waals surface area contributed by atoms with Crippen LogP contribution >= 0.6 is 0 Å². The number of amides is 4. The molecule has 122 heavy (non-hydrogen) atoms. The second kappa shape index (κ2) is 59.0. The molecule has 4 amide bonds. The lowest BCUT2D eigenvalue weighted by Crippen LogP contribution is -2.40. The van der Waals surface area contributed by atoms with Gasteiger partial charge in [0.15, 0.2) is 23.0 Å². The third kappa shape index (κ3) is 31.8. The summed E-state index contributed by atoms with van der Waals surface area (Å²) in [5, 5.41) is 6.26. The van der Waals surface area contributed by atoms with E-state index in [0.29, 0.717) is 107 Å². The van der Waals surface area contributed by atoms with Gasteiger partial charge < -0.3 is 28.4 Å². The van der Waals surface area contributed by atoms with Crippen molar-refractivity contribution in [2.75, 3.05) is 39.6 Å². The number of benzene rings is 7. The van der Waals surface area contributed by atoms with Gasteiger partial charge in [-0.15, -0.1) is 0 Å². The zero-order chi connectivity index (χ0) is 85.8. The fourth-order valence-corrected chi connectivity index (χ4v) is 18.8. The largest absolute Gasteiger partial charge is 0.490 e. The smallest absolute Gasteiger partial charge is 0.261 e. The van der Waals surface area contributed by atoms with Crippen molar-refractivity contribution in [3.63, 3.8) is 0 Å². The van der Waals surface area contributed by atoms with Crippen LogP contribution in [0.3, 0.4) is 0 Å². The van der Waals surface area contributed by atoms with Crippen LogP contribution in [0.1, 0.15) is 479 Å². The van der Waals surface area contributed by atoms with Crippen LogP contribution in [0.2, 0.25) is 0 Å². The first-order valence-corrected chi connectivity index (χ1v) is 51.2. The highest BCUT2D eigenvalue weighted by Crippen LogP contribution is 2.49. The van der Waals surface area contributed by atoms with Crippen LogP contribution in [-0.4, -0.2) is 73.1 Å². The molecule has 12 heteroatoms. The van der Waals surface area contributed by atoms with Crippen molar-refractivity contribution in [3.8, 4) is 34.5 Å². The lowest BCUT2D eigenvalue weighted by atomic mass is 9.82. The quantitative estimate of drug-likeness (QED) is 0.0157. The van der Waals surface area contributed by atoms with Crippen LogP contribution < -0.4 is 28.4 Å². The molecule has 9 rings (SSSR count). The first kappa shape index (κ1) is 98.7. The summed E-state index contributed by atoms with van der Waals surface area (Å²) in [7, 11) is 0. The van der Waals surface area contributed by atoms with Crippen LogP contribution in [0.15, 0.2) is 72.8 Å². The van der Waals surface area contributed by atoms with E-state index in [1.165, 1.54) is 318 Å². The van der Waals surface area contributed by atoms with Gasteiger partial charge in [-0.1, -0.05) is 413 Å². The zero-order valence-corrected chi connectivity index (χ0v) is 78.0. The molecule has 0 atom stereocenters. The summed E-state index contributed by atoms with van der Waals surface area (Å²) in [6, 6.07) is 23.4. The predicted molar refractivity (Wildman–Crippen MR) is 513 cm³/mol. The van der Waals surface area contributed by atoms with Gasteiger partial charge in [0, 0.05) is 33.0 Å². The van der Waals surface area contributed by atoms with E-state index in [1.54, 1.807) is 0 Å². The van der Waals surface area contributed by atoms with Gasteiger partial charge in [-0.2, -0.15) is 0 Å². The molecule has 0 fully saturated rings. The molecule has 0 saturated heterocycles. The summed E-state index contributed by atoms with van der Waals surface area (Å²) in [6.45, 7) is 16.9. The average molecular weight is 1680 g/mol. The van der Waals surface area contributed by atoms with E-state index in [1.807, 2.05) is 72.8 Å². The van der Waals surface area contributed by atoms with Gasteiger partial charge in [0.2, 0.25) is 11.5 Å². The SMILES string of the molecule is CCCCCCCCCCCCOc1cc(CN2C(=O)c3ccc4c5ccc6c7c(ccc(c8ccc(c3c48)C2=O)c75)C(=O)N(Cc2cc(OCCCCCCCCCCCC)c(OCCCCCCCCCCCC)c(OCCCCCCCCCCCC)c2)C6=O)cc(OCCCCCCCCCCCC)c1OCCCCCCCCCCCC. The minimum atomic E-state index is -0.368. The molecule has 0 radical (unpaired) electrons. The highest BCUT2D eigenvalue weighted by atomic mass is 16.5. The van der Waals surface area contributed by atoms with Gasteiger partial charge in [0.25, 0.3) is 23.6 Å². The third-order valence-corrected chi connectivity index (χ3v) is 26.2. The van der Waals surface area contributed by atoms with Crippen molar-refractivity contribution in [1.82, 2.24) is 9.80 Å². The molecule has 0 unspecified atom stereocenters. The molecule has 0 N–H and O–H groups in total. The molecule has 12 nitrogen and oxygen atoms in total. The summed E-state index contributed by atoms with van der Waals surface area (Å²) >= 11 is 0. The van der Waals surface area contributed by atoms with E-state index in [9.17, 15) is 0 Å². The van der Waals surface area contributed by atoms with Crippen LogP contribution in [0.25, 0.3) is 43.1 Å². The number of hydrogen-bond donors (Lipinski definition) is 0. The Hall–Kier alpha value is -7.08. The highest BCUT2D eigenvalue weighted by molar-refractivity contribution is 6.41. The Bertz CT molecular complexity index is 3640. The number of ether oxygens (including phenoxy) is 6. The molecular weight excluding hydrogens is 1510 g/mol. The van der Waals surface area contributed by atoms with Crippen molar-refractivity contribution < 1.29 is 47.6 Å². The molecule has 0 spiro atoms. The normalized spacial score (nSPS) is 12.8. The molecular formula is C110H166N2O10. The number of hydrogen-bond acceptors (Lipinski definition) is 10. The Morgan fingerprint density at radius 3 is 0.541 bits per heavy atom. The summed E-state index contributed by atoms with van der Waals surface area (Å²) in [5.74, 6) is 2.15. The zero-order valence-electron chi connectivity index (χ0n) is 78.0. The molecule has 7 aromatic rings. The second-order valence-electron chi connectivity index (χ2n) is 36.6. The second-order valence-corrected chi connectivity index (χ2v) is 36.6. The maximum Gasteiger partial charge on any atom is 0.261 e. The van der Waals surface area contributed by atoms with Crippen LogP contribution in [0.4, 0.5) is 0 Å². The fraction of sp³-hybridized carbons (Fsp3) is 0.673. The first-order chi connectivity index (χ1) is 60.2. The Morgan fingerprint density at radius 1 is 0.197 bits per heavy atom. The van der Waals surface area contributed by atoms with Crippen molar-refractivity contribution in [1.29, 1.82) is 0 Å². The molecule has 0 saturated carbocycles. The number of rotatable bonds is 76. The monoisotopic (exact) mass is 1680 g/mol. The minimum Gasteiger partial charge on any atom is -0.490 e. The van der Waals surface area contributed by atoms with Crippen molar-refractivity contribution in [2.45, 2.75) is 440 Å². The van der Waals surface area contributed by atoms with E-state index in [0.717, 1.165) is 120 Å². The van der Waals surface area contributed by atoms with Gasteiger partial charge in [-0.05, 0) is 131 Å². The van der Waals surface area contributed by atoms with Crippen LogP contribution in [0.5, 0.6) is 34.5 Å². The van der Waals surface area contributed by atoms with E-state index < -0.39 is 0 Å². The van der Waals surface area contributed by atoms with Crippen molar-refractivity contribution in [3.05, 3.63) is 106 Å². The molecule has 0 aliphatic carbocycles. The lowest BCUT2D eigenvalue weighted by Gasteiger charge is -2.30. The molecule has 676 valence electrons. The number of carbonyl (C=O) groups excluding carboxylic acids is 4. The molecule has 2 heterocycles. The Balaban J connectivity index is 0.961. The number of nitrogens with zero attached hydrogens (tertiary/aromatic N) is 2. The summed E-state index contributed by atoms with van der Waals surface area (Å²) < 4.78 is 40.9. The Morgan fingerprint density at radius 2 is 0.361 bits per heavy atom. The molecule has 2 aliphatic heterocycles. The summed E-state index contributed by atoms with van der Waals surface area (Å²) in [4.78, 5) is 64.5. The van der Waals surface area contributed by atoms with E-state index in [4.69, 9.17) is 28.4 Å². The van der Waals surface area contributed by atoms with Gasteiger partial charge in [0.1, 0.15) is 0 Å². The summed E-state index contributed by atoms with van der Waals surface area (Å²) in [5.41, 5.74) is 3.29. The van der Waals surface area contributed by atoms with Gasteiger partial charge in [-0.25, -0.2) is 0 Å². The van der Waals surface area contributed by atoms with E-state index >= 15 is 19.2 Å². The molecule has 0 bridgehead atoms. The van der Waals surface area contributed by atoms with Gasteiger partial charge in [0.05, 0.1) is 52.7 Å². The van der Waals surface area contributed by atoms with Crippen molar-refractivity contribution in [2.24, 2.45) is 0 Å². The molecule has 7 aromatic carbocycles. The summed E-state index contributed by atoms with van der Waals surface area (Å²) in [6.07, 6.45) is 73.6. The highest BCUT2D eigenvalue weighted by Gasteiger charge is 2.38. The fourth-order valence-electron chi connectivity index (χ4n) is 18.8. The van der Waals surface area contributed by atoms with Crippen LogP contribution in [0, 0.1) is 0 Å². The van der Waals surface area contributed by atoms with Gasteiger partial charge >= 0.3 is 0 Å². The minimum absolute atomic E-state index is 0.0127. The van der Waals surface area contributed by atoms with E-state index in [-0.39, 0.29) is 36.7 Å². The van der Waals surface area contributed by atoms with Crippen LogP contribution in [-0.2, 0) is 13.1 Å². The third-order valence-electron chi connectivity index (χ3n) is 26.2. The average Bonchev–Trinajstić information content (AvgIpc) is 0.689. The lowest BCUT2D eigenvalue weighted by molar-refractivity contribution is 0.0583. The molecule has 0 aromatic heterocycles. The first-order valence-electron chi connectivity index (χ1n) is 51.2. The predicted octanol–water partition coefficient (Wildman–Crippen LogP) is 33.1. The number of unbranched alkanes of at least 4 members (excludes halogenated alkanes) is 54. The Kier molecular flexibility index (Phi) is 47.7. The Labute approximate surface area is 740 Å². The maximum absolute atomic E-state index is 15.4. The van der Waals surface area contributed by atoms with Gasteiger partial charge in [-0.3, -0.25) is 29.0 Å².